The Labute approximate surface area is 114 Å². The zero-order valence-electron chi connectivity index (χ0n) is 12.0. The lowest BCUT2D eigenvalue weighted by molar-refractivity contribution is -0.139. The Hall–Kier alpha value is -1.26. The van der Waals surface area contributed by atoms with E-state index in [0.717, 1.165) is 32.4 Å². The van der Waals surface area contributed by atoms with Crippen molar-refractivity contribution in [3.05, 3.63) is 0 Å². The van der Waals surface area contributed by atoms with Gasteiger partial charge in [0.15, 0.2) is 0 Å². The highest BCUT2D eigenvalue weighted by molar-refractivity contribution is 5.83. The normalized spacial score (nSPS) is 25.2. The molecule has 0 radical (unpaired) electrons. The van der Waals surface area contributed by atoms with Gasteiger partial charge in [0.05, 0.1) is 0 Å². The highest BCUT2D eigenvalue weighted by Crippen LogP contribution is 2.35. The van der Waals surface area contributed by atoms with Crippen LogP contribution in [0.2, 0.25) is 0 Å². The molecule has 1 saturated heterocycles. The first-order chi connectivity index (χ1) is 8.79. The fraction of sp³-hybridized carbons (Fsp3) is 0.857. The molecule has 0 aromatic carbocycles. The standard InChI is InChI=1S/C14H24N2O3/c1-14(2,3)10-6-7-16(8-10)13(19)15-11(12(17)18)9-4-5-9/h9-11H,4-8H2,1-3H3,(H,15,19)(H,17,18). The van der Waals surface area contributed by atoms with Crippen LogP contribution in [0.15, 0.2) is 0 Å². The van der Waals surface area contributed by atoms with Gasteiger partial charge < -0.3 is 15.3 Å². The lowest BCUT2D eigenvalue weighted by Gasteiger charge is -2.27. The maximum atomic E-state index is 12.1. The summed E-state index contributed by atoms with van der Waals surface area (Å²) in [5, 5.41) is 11.8. The van der Waals surface area contributed by atoms with Gasteiger partial charge in [-0.3, -0.25) is 0 Å². The molecule has 19 heavy (non-hydrogen) atoms. The molecular formula is C14H24N2O3. The van der Waals surface area contributed by atoms with Crippen molar-refractivity contribution in [2.24, 2.45) is 17.3 Å². The summed E-state index contributed by atoms with van der Waals surface area (Å²) < 4.78 is 0. The number of carbonyl (C=O) groups excluding carboxylic acids is 1. The summed E-state index contributed by atoms with van der Waals surface area (Å²) in [5.41, 5.74) is 0.192. The minimum atomic E-state index is -0.914. The Morgan fingerprint density at radius 2 is 1.89 bits per heavy atom. The molecule has 2 amide bonds. The van der Waals surface area contributed by atoms with Crippen molar-refractivity contribution in [3.8, 4) is 0 Å². The molecule has 5 nitrogen and oxygen atoms in total. The Morgan fingerprint density at radius 1 is 1.26 bits per heavy atom. The van der Waals surface area contributed by atoms with E-state index >= 15 is 0 Å². The number of urea groups is 1. The lowest BCUT2D eigenvalue weighted by atomic mass is 9.80. The van der Waals surface area contributed by atoms with E-state index in [-0.39, 0.29) is 17.4 Å². The van der Waals surface area contributed by atoms with Gasteiger partial charge in [-0.25, -0.2) is 9.59 Å². The van der Waals surface area contributed by atoms with E-state index < -0.39 is 12.0 Å². The zero-order valence-corrected chi connectivity index (χ0v) is 12.0. The molecule has 2 unspecified atom stereocenters. The Balaban J connectivity index is 1.89. The largest absolute Gasteiger partial charge is 0.480 e. The Bertz CT molecular complexity index is 371. The molecule has 1 heterocycles. The molecule has 0 aromatic rings. The summed E-state index contributed by atoms with van der Waals surface area (Å²) in [5.74, 6) is -0.299. The number of rotatable bonds is 3. The highest BCUT2D eigenvalue weighted by atomic mass is 16.4. The van der Waals surface area contributed by atoms with Crippen molar-refractivity contribution >= 4 is 12.0 Å². The quantitative estimate of drug-likeness (QED) is 0.821. The second-order valence-electron chi connectivity index (χ2n) is 6.90. The van der Waals surface area contributed by atoms with Crippen molar-refractivity contribution in [1.82, 2.24) is 10.2 Å². The first kappa shape index (κ1) is 14.2. The van der Waals surface area contributed by atoms with Gasteiger partial charge in [0, 0.05) is 13.1 Å². The Kier molecular flexibility index (Phi) is 3.74. The number of carbonyl (C=O) groups is 2. The van der Waals surface area contributed by atoms with Crippen LogP contribution in [0.4, 0.5) is 4.79 Å². The van der Waals surface area contributed by atoms with E-state index in [9.17, 15) is 9.59 Å². The van der Waals surface area contributed by atoms with Crippen molar-refractivity contribution in [2.45, 2.75) is 46.1 Å². The van der Waals surface area contributed by atoms with Gasteiger partial charge in [0.1, 0.15) is 6.04 Å². The van der Waals surface area contributed by atoms with Crippen LogP contribution in [-0.4, -0.2) is 41.1 Å². The fourth-order valence-electron chi connectivity index (χ4n) is 2.69. The van der Waals surface area contributed by atoms with Gasteiger partial charge in [-0.2, -0.15) is 0 Å². The van der Waals surface area contributed by atoms with Crippen molar-refractivity contribution in [2.75, 3.05) is 13.1 Å². The third-order valence-corrected chi connectivity index (χ3v) is 4.34. The first-order valence-electron chi connectivity index (χ1n) is 7.07. The number of aliphatic carboxylic acids is 1. The van der Waals surface area contributed by atoms with Gasteiger partial charge in [0.25, 0.3) is 0 Å². The van der Waals surface area contributed by atoms with Gasteiger partial charge in [-0.15, -0.1) is 0 Å². The van der Waals surface area contributed by atoms with Crippen LogP contribution in [0.5, 0.6) is 0 Å². The maximum absolute atomic E-state index is 12.1. The van der Waals surface area contributed by atoms with Crippen LogP contribution >= 0.6 is 0 Å². The summed E-state index contributed by atoms with van der Waals surface area (Å²) >= 11 is 0. The number of nitrogens with zero attached hydrogens (tertiary/aromatic N) is 1. The van der Waals surface area contributed by atoms with Crippen molar-refractivity contribution in [1.29, 1.82) is 0 Å². The summed E-state index contributed by atoms with van der Waals surface area (Å²) in [6.07, 6.45) is 2.81. The second-order valence-corrected chi connectivity index (χ2v) is 6.90. The topological polar surface area (TPSA) is 69.6 Å². The molecular weight excluding hydrogens is 244 g/mol. The first-order valence-corrected chi connectivity index (χ1v) is 7.07. The minimum Gasteiger partial charge on any atom is -0.480 e. The second kappa shape index (κ2) is 5.02. The molecule has 2 atom stereocenters. The minimum absolute atomic E-state index is 0.127. The molecule has 0 bridgehead atoms. The monoisotopic (exact) mass is 268 g/mol. The van der Waals surface area contributed by atoms with E-state index in [1.165, 1.54) is 0 Å². The molecule has 2 rings (SSSR count). The number of carboxylic acids is 1. The maximum Gasteiger partial charge on any atom is 0.326 e. The summed E-state index contributed by atoms with van der Waals surface area (Å²) in [6.45, 7) is 8.01. The number of amides is 2. The average Bonchev–Trinajstić information content (AvgIpc) is 2.98. The van der Waals surface area contributed by atoms with Crippen LogP contribution in [0.25, 0.3) is 0 Å². The molecule has 1 aliphatic heterocycles. The van der Waals surface area contributed by atoms with Gasteiger partial charge in [0.2, 0.25) is 0 Å². The van der Waals surface area contributed by atoms with Gasteiger partial charge in [-0.1, -0.05) is 20.8 Å². The van der Waals surface area contributed by atoms with E-state index in [1.807, 2.05) is 0 Å². The molecule has 108 valence electrons. The van der Waals surface area contributed by atoms with Crippen LogP contribution in [0, 0.1) is 17.3 Å². The van der Waals surface area contributed by atoms with Crippen LogP contribution in [-0.2, 0) is 4.79 Å². The van der Waals surface area contributed by atoms with Crippen molar-refractivity contribution in [3.63, 3.8) is 0 Å². The number of carboxylic acid groups (broad SMARTS) is 1. The predicted octanol–water partition coefficient (Wildman–Crippen LogP) is 1.93. The lowest BCUT2D eigenvalue weighted by Crippen LogP contribution is -2.48. The predicted molar refractivity (Wildman–Crippen MR) is 71.8 cm³/mol. The summed E-state index contributed by atoms with van der Waals surface area (Å²) in [4.78, 5) is 25.0. The number of nitrogens with one attached hydrogen (secondary N) is 1. The number of hydrogen-bond donors (Lipinski definition) is 2. The average molecular weight is 268 g/mol. The summed E-state index contributed by atoms with van der Waals surface area (Å²) in [6, 6.07) is -0.924. The summed E-state index contributed by atoms with van der Waals surface area (Å²) in [7, 11) is 0. The Morgan fingerprint density at radius 3 is 2.32 bits per heavy atom. The molecule has 2 N–H and O–H groups in total. The third-order valence-electron chi connectivity index (χ3n) is 4.34. The third kappa shape index (κ3) is 3.39. The van der Waals surface area contributed by atoms with Gasteiger partial charge >= 0.3 is 12.0 Å². The van der Waals surface area contributed by atoms with E-state index in [0.29, 0.717) is 5.92 Å². The zero-order chi connectivity index (χ0) is 14.2. The molecule has 2 fully saturated rings. The van der Waals surface area contributed by atoms with E-state index in [4.69, 9.17) is 5.11 Å². The number of likely N-dealkylation sites (tertiary alicyclic amines) is 1. The molecule has 2 aliphatic rings. The molecule has 1 saturated carbocycles. The van der Waals surface area contributed by atoms with Crippen LogP contribution in [0.3, 0.4) is 0 Å². The molecule has 5 heteroatoms. The van der Waals surface area contributed by atoms with Gasteiger partial charge in [-0.05, 0) is 36.5 Å². The van der Waals surface area contributed by atoms with Crippen LogP contribution < -0.4 is 5.32 Å². The fourth-order valence-corrected chi connectivity index (χ4v) is 2.69. The van der Waals surface area contributed by atoms with E-state index in [2.05, 4.69) is 26.1 Å². The SMILES string of the molecule is CC(C)(C)C1CCN(C(=O)NC(C(=O)O)C2CC2)C1. The van der Waals surface area contributed by atoms with Crippen molar-refractivity contribution < 1.29 is 14.7 Å². The molecule has 0 aromatic heterocycles. The van der Waals surface area contributed by atoms with E-state index in [1.54, 1.807) is 4.90 Å². The smallest absolute Gasteiger partial charge is 0.326 e. The van der Waals surface area contributed by atoms with Crippen LogP contribution in [0.1, 0.15) is 40.0 Å². The molecule has 1 aliphatic carbocycles. The number of hydrogen-bond acceptors (Lipinski definition) is 2. The molecule has 0 spiro atoms. The highest BCUT2D eigenvalue weighted by Gasteiger charge is 2.39.